The molecule has 0 saturated carbocycles. The molecule has 0 amide bonds. The Kier molecular flexibility index (Phi) is 4.95. The number of aliphatic hydroxyl groups is 1. The van der Waals surface area contributed by atoms with Crippen molar-refractivity contribution in [2.24, 2.45) is 5.92 Å². The average molecular weight is 300 g/mol. The van der Waals surface area contributed by atoms with Crippen molar-refractivity contribution in [3.05, 3.63) is 21.1 Å². The van der Waals surface area contributed by atoms with Crippen molar-refractivity contribution in [2.45, 2.75) is 25.9 Å². The van der Waals surface area contributed by atoms with E-state index in [0.29, 0.717) is 15.8 Å². The van der Waals surface area contributed by atoms with E-state index in [1.54, 1.807) is 6.92 Å². The Labute approximate surface area is 122 Å². The summed E-state index contributed by atoms with van der Waals surface area (Å²) in [6.07, 6.45) is 1.31. The molecule has 0 spiro atoms. The third-order valence-electron chi connectivity index (χ3n) is 3.54. The Morgan fingerprint density at radius 2 is 2.25 bits per heavy atom. The molecule has 1 unspecified atom stereocenters. The van der Waals surface area contributed by atoms with E-state index in [-0.39, 0.29) is 10.6 Å². The predicted molar refractivity (Wildman–Crippen MR) is 78.4 cm³/mol. The van der Waals surface area contributed by atoms with E-state index in [1.165, 1.54) is 17.4 Å². The standard InChI is InChI=1S/C13H20N2O4S/c1-9(16)12-7-11(15(17)18)13(20-12)14(2)8-10-3-5-19-6-4-10/h7,9-10,16H,3-6,8H2,1-2H3. The molecule has 1 aromatic heterocycles. The van der Waals surface area contributed by atoms with Gasteiger partial charge in [0.2, 0.25) is 0 Å². The van der Waals surface area contributed by atoms with Crippen LogP contribution >= 0.6 is 11.3 Å². The van der Waals surface area contributed by atoms with Gasteiger partial charge in [-0.2, -0.15) is 0 Å². The van der Waals surface area contributed by atoms with E-state index in [9.17, 15) is 15.2 Å². The zero-order chi connectivity index (χ0) is 14.7. The molecule has 2 heterocycles. The van der Waals surface area contributed by atoms with Gasteiger partial charge in [-0.05, 0) is 25.7 Å². The summed E-state index contributed by atoms with van der Waals surface area (Å²) in [5.41, 5.74) is 0.0838. The molecule has 7 heteroatoms. The molecule has 112 valence electrons. The fourth-order valence-electron chi connectivity index (χ4n) is 2.40. The van der Waals surface area contributed by atoms with Crippen molar-refractivity contribution < 1.29 is 14.8 Å². The van der Waals surface area contributed by atoms with Gasteiger partial charge in [0.05, 0.1) is 11.0 Å². The molecule has 1 saturated heterocycles. The maximum absolute atomic E-state index is 11.1. The number of ether oxygens (including phenoxy) is 1. The molecular formula is C13H20N2O4S. The van der Waals surface area contributed by atoms with Crippen LogP contribution in [0.5, 0.6) is 0 Å². The van der Waals surface area contributed by atoms with Crippen molar-refractivity contribution >= 4 is 22.0 Å². The molecule has 20 heavy (non-hydrogen) atoms. The normalized spacial score (nSPS) is 17.9. The van der Waals surface area contributed by atoms with Gasteiger partial charge in [-0.3, -0.25) is 10.1 Å². The minimum absolute atomic E-state index is 0.0838. The summed E-state index contributed by atoms with van der Waals surface area (Å²) in [6.45, 7) is 3.94. The van der Waals surface area contributed by atoms with Crippen LogP contribution in [-0.2, 0) is 4.74 Å². The van der Waals surface area contributed by atoms with E-state index >= 15 is 0 Å². The fraction of sp³-hybridized carbons (Fsp3) is 0.692. The summed E-state index contributed by atoms with van der Waals surface area (Å²) in [5.74, 6) is 0.505. The number of aliphatic hydroxyl groups excluding tert-OH is 1. The van der Waals surface area contributed by atoms with Crippen molar-refractivity contribution in [1.29, 1.82) is 0 Å². The Morgan fingerprint density at radius 3 is 2.80 bits per heavy atom. The minimum atomic E-state index is -0.677. The van der Waals surface area contributed by atoms with Gasteiger partial charge in [-0.25, -0.2) is 0 Å². The van der Waals surface area contributed by atoms with Crippen LogP contribution in [0.3, 0.4) is 0 Å². The number of hydrogen-bond acceptors (Lipinski definition) is 6. The lowest BCUT2D eigenvalue weighted by Crippen LogP contribution is -2.29. The zero-order valence-corrected chi connectivity index (χ0v) is 12.6. The topological polar surface area (TPSA) is 75.8 Å². The molecular weight excluding hydrogens is 280 g/mol. The monoisotopic (exact) mass is 300 g/mol. The lowest BCUT2D eigenvalue weighted by atomic mass is 10.00. The molecule has 1 aliphatic heterocycles. The van der Waals surface area contributed by atoms with Crippen LogP contribution in [0.15, 0.2) is 6.07 Å². The van der Waals surface area contributed by atoms with Gasteiger partial charge >= 0.3 is 5.69 Å². The van der Waals surface area contributed by atoms with Crippen molar-refractivity contribution in [1.82, 2.24) is 0 Å². The Morgan fingerprint density at radius 1 is 1.60 bits per heavy atom. The van der Waals surface area contributed by atoms with Crippen LogP contribution in [0.4, 0.5) is 10.7 Å². The molecule has 1 aliphatic rings. The van der Waals surface area contributed by atoms with Gasteiger partial charge in [-0.1, -0.05) is 0 Å². The zero-order valence-electron chi connectivity index (χ0n) is 11.7. The first-order chi connectivity index (χ1) is 9.49. The number of anilines is 1. The number of nitrogens with zero attached hydrogens (tertiary/aromatic N) is 2. The maximum atomic E-state index is 11.1. The molecule has 1 fully saturated rings. The van der Waals surface area contributed by atoms with Gasteiger partial charge < -0.3 is 14.7 Å². The van der Waals surface area contributed by atoms with E-state index in [2.05, 4.69) is 0 Å². The molecule has 1 N–H and O–H groups in total. The van der Waals surface area contributed by atoms with E-state index < -0.39 is 6.10 Å². The van der Waals surface area contributed by atoms with Crippen molar-refractivity contribution in [2.75, 3.05) is 31.7 Å². The SMILES string of the molecule is CC(O)c1cc([N+](=O)[O-])c(N(C)CC2CCOCC2)s1. The largest absolute Gasteiger partial charge is 0.388 e. The molecule has 0 radical (unpaired) electrons. The quantitative estimate of drug-likeness (QED) is 0.668. The van der Waals surface area contributed by atoms with Crippen LogP contribution in [0, 0.1) is 16.0 Å². The lowest BCUT2D eigenvalue weighted by Gasteiger charge is -2.27. The average Bonchev–Trinajstić information content (AvgIpc) is 2.85. The first kappa shape index (κ1) is 15.2. The van der Waals surface area contributed by atoms with E-state index in [1.807, 2.05) is 11.9 Å². The summed E-state index contributed by atoms with van der Waals surface area (Å²) in [7, 11) is 1.88. The highest BCUT2D eigenvalue weighted by atomic mass is 32.1. The second-order valence-electron chi connectivity index (χ2n) is 5.21. The highest BCUT2D eigenvalue weighted by Crippen LogP contribution is 2.40. The van der Waals surface area contributed by atoms with Crippen LogP contribution < -0.4 is 4.90 Å². The molecule has 1 aromatic rings. The molecule has 2 rings (SSSR count). The van der Waals surface area contributed by atoms with Crippen molar-refractivity contribution in [3.63, 3.8) is 0 Å². The van der Waals surface area contributed by atoms with Gasteiger partial charge in [0.25, 0.3) is 0 Å². The van der Waals surface area contributed by atoms with Gasteiger partial charge in [0.1, 0.15) is 0 Å². The van der Waals surface area contributed by atoms with Gasteiger partial charge in [-0.15, -0.1) is 11.3 Å². The summed E-state index contributed by atoms with van der Waals surface area (Å²) in [5, 5.41) is 21.4. The maximum Gasteiger partial charge on any atom is 0.304 e. The number of hydrogen-bond donors (Lipinski definition) is 1. The van der Waals surface area contributed by atoms with Crippen LogP contribution in [0.2, 0.25) is 0 Å². The third kappa shape index (κ3) is 3.47. The van der Waals surface area contributed by atoms with Crippen LogP contribution in [0.25, 0.3) is 0 Å². The molecule has 0 bridgehead atoms. The Hall–Kier alpha value is -1.18. The molecule has 0 aromatic carbocycles. The Bertz CT molecular complexity index is 469. The summed E-state index contributed by atoms with van der Waals surface area (Å²) < 4.78 is 5.33. The summed E-state index contributed by atoms with van der Waals surface area (Å²) >= 11 is 1.30. The highest BCUT2D eigenvalue weighted by Gasteiger charge is 2.25. The van der Waals surface area contributed by atoms with Gasteiger partial charge in [0.15, 0.2) is 5.00 Å². The van der Waals surface area contributed by atoms with E-state index in [4.69, 9.17) is 4.74 Å². The smallest absolute Gasteiger partial charge is 0.304 e. The predicted octanol–water partition coefficient (Wildman–Crippen LogP) is 2.57. The molecule has 6 nitrogen and oxygen atoms in total. The van der Waals surface area contributed by atoms with Crippen LogP contribution in [0.1, 0.15) is 30.7 Å². The Balaban J connectivity index is 2.14. The first-order valence-electron chi connectivity index (χ1n) is 6.74. The third-order valence-corrected chi connectivity index (χ3v) is 4.95. The number of rotatable bonds is 5. The minimum Gasteiger partial charge on any atom is -0.388 e. The highest BCUT2D eigenvalue weighted by molar-refractivity contribution is 7.16. The second kappa shape index (κ2) is 6.51. The fourth-order valence-corrected chi connectivity index (χ4v) is 3.43. The summed E-state index contributed by atoms with van der Waals surface area (Å²) in [6, 6.07) is 1.48. The molecule has 1 atom stereocenters. The van der Waals surface area contributed by atoms with Gasteiger partial charge in [0, 0.05) is 37.7 Å². The van der Waals surface area contributed by atoms with Crippen molar-refractivity contribution in [3.8, 4) is 0 Å². The number of thiophene rings is 1. The summed E-state index contributed by atoms with van der Waals surface area (Å²) in [4.78, 5) is 13.3. The second-order valence-corrected chi connectivity index (χ2v) is 6.27. The first-order valence-corrected chi connectivity index (χ1v) is 7.55. The molecule has 0 aliphatic carbocycles. The van der Waals surface area contributed by atoms with E-state index in [0.717, 1.165) is 32.6 Å². The van der Waals surface area contributed by atoms with Crippen LogP contribution in [-0.4, -0.2) is 36.8 Å². The lowest BCUT2D eigenvalue weighted by molar-refractivity contribution is -0.383. The number of nitro groups is 1.